The molecule has 0 radical (unpaired) electrons. The first kappa shape index (κ1) is 55.9. The van der Waals surface area contributed by atoms with Crippen molar-refractivity contribution in [3.63, 3.8) is 0 Å². The lowest BCUT2D eigenvalue weighted by atomic mass is 9.93. The van der Waals surface area contributed by atoms with E-state index in [1.54, 1.807) is 0 Å². The Balaban J connectivity index is 1.39. The molecule has 0 spiro atoms. The van der Waals surface area contributed by atoms with Gasteiger partial charge in [0.05, 0.1) is 33.0 Å². The molecule has 25 atom stereocenters. The minimum atomic E-state index is -1.99. The van der Waals surface area contributed by atoms with Gasteiger partial charge in [-0.2, -0.15) is 0 Å². The van der Waals surface area contributed by atoms with E-state index in [-0.39, 0.29) is 0 Å². The minimum Gasteiger partial charge on any atom is -0.394 e. The summed E-state index contributed by atoms with van der Waals surface area (Å²) in [5, 5.41) is 148. The average molecular weight is 993 g/mol. The molecule has 0 aromatic heterocycles. The van der Waals surface area contributed by atoms with E-state index in [0.717, 1.165) is 27.7 Å². The molecular weight excluding hydrogens is 928 g/mol. The van der Waals surface area contributed by atoms with Crippen LogP contribution in [-0.4, -0.2) is 276 Å². The van der Waals surface area contributed by atoms with Crippen molar-refractivity contribution in [2.45, 2.75) is 181 Å². The Morgan fingerprint density at radius 3 is 0.882 bits per heavy atom. The van der Waals surface area contributed by atoms with E-state index in [1.807, 2.05) is 0 Å². The second-order valence-electron chi connectivity index (χ2n) is 16.9. The fourth-order valence-corrected chi connectivity index (χ4v) is 8.66. The number of ether oxygens (including phenoxy) is 9. The molecule has 5 saturated heterocycles. The van der Waals surface area contributed by atoms with Crippen LogP contribution in [0, 0.1) is 0 Å². The molecule has 0 saturated carbocycles. The molecule has 5 rings (SSSR count). The molecular formula is C38H64N4O26. The third kappa shape index (κ3) is 12.5. The Hall–Kier alpha value is -3.00. The Morgan fingerprint density at radius 1 is 0.353 bits per heavy atom. The summed E-state index contributed by atoms with van der Waals surface area (Å²) in [5.74, 6) is -3.08. The fourth-order valence-electron chi connectivity index (χ4n) is 8.66. The van der Waals surface area contributed by atoms with E-state index in [9.17, 15) is 85.6 Å². The largest absolute Gasteiger partial charge is 0.394 e. The van der Waals surface area contributed by atoms with Crippen molar-refractivity contribution in [1.29, 1.82) is 0 Å². The summed E-state index contributed by atoms with van der Waals surface area (Å²) in [6.07, 6.45) is -37.1. The third-order valence-electron chi connectivity index (χ3n) is 11.9. The van der Waals surface area contributed by atoms with E-state index in [0.29, 0.717) is 0 Å². The molecule has 5 aliphatic rings. The first-order valence-corrected chi connectivity index (χ1v) is 21.6. The van der Waals surface area contributed by atoms with Gasteiger partial charge >= 0.3 is 0 Å². The van der Waals surface area contributed by atoms with Crippen molar-refractivity contribution < 1.29 is 128 Å². The van der Waals surface area contributed by atoms with Crippen LogP contribution in [0.1, 0.15) is 27.7 Å². The number of carbonyl (C=O) groups is 4. The van der Waals surface area contributed by atoms with Gasteiger partial charge in [0.15, 0.2) is 31.5 Å². The first-order chi connectivity index (χ1) is 32.1. The predicted octanol–water partition coefficient (Wildman–Crippen LogP) is -11.3. The molecule has 0 aromatic carbocycles. The highest BCUT2D eigenvalue weighted by atomic mass is 16.8. The van der Waals surface area contributed by atoms with Crippen LogP contribution < -0.4 is 21.3 Å². The summed E-state index contributed by atoms with van der Waals surface area (Å²) < 4.78 is 52.4. The Labute approximate surface area is 386 Å². The van der Waals surface area contributed by atoms with Crippen LogP contribution in [0.4, 0.5) is 0 Å². The predicted molar refractivity (Wildman–Crippen MR) is 213 cm³/mol. The fraction of sp³-hybridized carbons (Fsp3) is 0.895. The molecule has 5 heterocycles. The van der Waals surface area contributed by atoms with E-state index in [4.69, 9.17) is 42.6 Å². The van der Waals surface area contributed by atoms with E-state index in [1.165, 1.54) is 0 Å². The van der Waals surface area contributed by atoms with Gasteiger partial charge in [0, 0.05) is 27.7 Å². The van der Waals surface area contributed by atoms with Gasteiger partial charge < -0.3 is 130 Å². The number of hydrogen-bond donors (Lipinski definition) is 17. The lowest BCUT2D eigenvalue weighted by Gasteiger charge is -2.51. The smallest absolute Gasteiger partial charge is 0.217 e. The number of nitrogens with one attached hydrogen (secondary N) is 4. The maximum Gasteiger partial charge on any atom is 0.217 e. The van der Waals surface area contributed by atoms with Crippen LogP contribution in [-0.2, 0) is 61.8 Å². The Kier molecular flexibility index (Phi) is 20.1. The van der Waals surface area contributed by atoms with E-state index in [2.05, 4.69) is 21.3 Å². The Morgan fingerprint density at radius 2 is 0.603 bits per heavy atom. The molecule has 4 amide bonds. The summed E-state index contributed by atoms with van der Waals surface area (Å²) in [6.45, 7) is -0.390. The SMILES string of the molecule is CC(=O)N[C@H]1[C@H](O[C@H]2[C@H](O)[C@@H](NC(C)=O)[C@H](O[C@H]3[C@H](O)[C@@H](O)C(O)O[C@@H]3CO)O[C@@H]2CO)O[C@H](CO)[C@@H](O[C@@H]2O[C@H](CO)[C@@H](O[C@@H]3O[C@H](CO)[C@@H](O)[C@H](O)[C@H]3NC(C)=O)[C@H](O)[C@H]2NC(C)=O)[C@@H]1O. The molecule has 0 bridgehead atoms. The van der Waals surface area contributed by atoms with Gasteiger partial charge in [-0.05, 0) is 0 Å². The minimum absolute atomic E-state index is 0.708. The molecule has 0 aliphatic carbocycles. The lowest BCUT2D eigenvalue weighted by Crippen LogP contribution is -2.72. The quantitative estimate of drug-likeness (QED) is 0.0643. The van der Waals surface area contributed by atoms with Crippen LogP contribution >= 0.6 is 0 Å². The van der Waals surface area contributed by atoms with Crippen LogP contribution in [0.5, 0.6) is 0 Å². The Bertz CT molecular complexity index is 1670. The second-order valence-corrected chi connectivity index (χ2v) is 16.9. The van der Waals surface area contributed by atoms with E-state index >= 15 is 0 Å². The number of amides is 4. The number of carbonyl (C=O) groups excluding carboxylic acids is 4. The van der Waals surface area contributed by atoms with Crippen LogP contribution in [0.25, 0.3) is 0 Å². The standard InChI is InChI=1S/C38H64N4O26/c1-10(48)39-19-24(53)23(52)14(5-43)61-35(19)65-30-16(7-45)62-36(20(25(30)54)40-11(2)49)66-31-17(8-46)63-37(21(26(31)55)41-12(3)50)67-32-18(9-47)64-38(22(27(32)56)42-13(4)51)68-33-15(6-44)60-34(59)29(58)28(33)57/h14-38,43-47,52-59H,5-9H2,1-4H3,(H,39,48)(H,40,49)(H,41,50)(H,42,51)/t14-,15-,16-,17-,18-,19-,20-,21-,22-,23-,24-,25-,26-,27-,28-,29-,30-,31-,32-,33-,34?,35+,36+,37+,38+/m1/s1. The zero-order chi connectivity index (χ0) is 50.5. The van der Waals surface area contributed by atoms with Crippen LogP contribution in [0.15, 0.2) is 0 Å². The molecule has 30 nitrogen and oxygen atoms in total. The maximum atomic E-state index is 12.6. The van der Waals surface area contributed by atoms with Crippen molar-refractivity contribution >= 4 is 23.6 Å². The molecule has 68 heavy (non-hydrogen) atoms. The van der Waals surface area contributed by atoms with Gasteiger partial charge in [0.25, 0.3) is 0 Å². The summed E-state index contributed by atoms with van der Waals surface area (Å²) in [4.78, 5) is 49.6. The highest BCUT2D eigenvalue weighted by molar-refractivity contribution is 5.74. The monoisotopic (exact) mass is 992 g/mol. The maximum absolute atomic E-state index is 12.6. The summed E-state index contributed by atoms with van der Waals surface area (Å²) >= 11 is 0. The van der Waals surface area contributed by atoms with Crippen molar-refractivity contribution in [3.8, 4) is 0 Å². The molecule has 0 aromatic rings. The van der Waals surface area contributed by atoms with Crippen molar-refractivity contribution in [2.75, 3.05) is 33.0 Å². The van der Waals surface area contributed by atoms with Crippen LogP contribution in [0.2, 0.25) is 0 Å². The average Bonchev–Trinajstić information content (AvgIpc) is 3.28. The molecule has 30 heteroatoms. The van der Waals surface area contributed by atoms with E-state index < -0.39 is 210 Å². The van der Waals surface area contributed by atoms with Gasteiger partial charge in [0.2, 0.25) is 23.6 Å². The van der Waals surface area contributed by atoms with Crippen LogP contribution in [0.3, 0.4) is 0 Å². The van der Waals surface area contributed by atoms with Crippen molar-refractivity contribution in [3.05, 3.63) is 0 Å². The lowest BCUT2D eigenvalue weighted by molar-refractivity contribution is -0.369. The number of rotatable bonds is 17. The van der Waals surface area contributed by atoms with Crippen molar-refractivity contribution in [2.24, 2.45) is 0 Å². The van der Waals surface area contributed by atoms with Gasteiger partial charge in [0.1, 0.15) is 122 Å². The first-order valence-electron chi connectivity index (χ1n) is 21.6. The molecule has 17 N–H and O–H groups in total. The normalized spacial score (nSPS) is 45.5. The zero-order valence-electron chi connectivity index (χ0n) is 37.1. The number of aliphatic hydroxyl groups excluding tert-OH is 13. The molecule has 5 fully saturated rings. The molecule has 392 valence electrons. The third-order valence-corrected chi connectivity index (χ3v) is 11.9. The topological polar surface area (TPSA) is 462 Å². The van der Waals surface area contributed by atoms with Gasteiger partial charge in [-0.3, -0.25) is 19.2 Å². The summed E-state index contributed by atoms with van der Waals surface area (Å²) in [5.41, 5.74) is 0. The highest BCUT2D eigenvalue weighted by Crippen LogP contribution is 2.36. The van der Waals surface area contributed by atoms with Gasteiger partial charge in [-0.15, -0.1) is 0 Å². The summed E-state index contributed by atoms with van der Waals surface area (Å²) in [6, 6.07) is -6.53. The van der Waals surface area contributed by atoms with Crippen molar-refractivity contribution in [1.82, 2.24) is 21.3 Å². The van der Waals surface area contributed by atoms with Gasteiger partial charge in [-0.25, -0.2) is 0 Å². The number of hydrogen-bond acceptors (Lipinski definition) is 26. The molecule has 1 unspecified atom stereocenters. The number of aliphatic hydroxyl groups is 13. The van der Waals surface area contributed by atoms with Gasteiger partial charge in [-0.1, -0.05) is 0 Å². The molecule has 5 aliphatic heterocycles. The highest BCUT2D eigenvalue weighted by Gasteiger charge is 2.57. The summed E-state index contributed by atoms with van der Waals surface area (Å²) in [7, 11) is 0. The second kappa shape index (κ2) is 24.4. The zero-order valence-corrected chi connectivity index (χ0v) is 37.1.